The molecule has 29 heavy (non-hydrogen) atoms. The molecule has 5 nitrogen and oxygen atoms in total. The molecule has 2 aromatic carbocycles. The first-order chi connectivity index (χ1) is 14.0. The standard InChI is InChI=1S/C24H29N3O2/c1-15(2)24(28)26-17-8-10-22-19(12-17)20-13-18(29-3)9-11-23(20)27(22)14-16-6-4-5-7-21(16)25/h4-7,9,11,13,15,17H,8,10,12,14,25H2,1-3H3,(H,26,28). The number of aromatic nitrogens is 1. The molecule has 0 saturated carbocycles. The molecule has 1 amide bonds. The summed E-state index contributed by atoms with van der Waals surface area (Å²) < 4.78 is 7.87. The predicted molar refractivity (Wildman–Crippen MR) is 117 cm³/mol. The van der Waals surface area contributed by atoms with Crippen molar-refractivity contribution in [3.05, 3.63) is 59.3 Å². The number of carbonyl (C=O) groups excluding carboxylic acids is 1. The second-order valence-corrected chi connectivity index (χ2v) is 8.20. The number of benzene rings is 2. The molecule has 1 unspecified atom stereocenters. The Balaban J connectivity index is 1.76. The van der Waals surface area contributed by atoms with Gasteiger partial charge in [0, 0.05) is 40.8 Å². The number of nitrogens with two attached hydrogens (primary N) is 1. The minimum atomic E-state index is -0.00103. The van der Waals surface area contributed by atoms with Gasteiger partial charge in [-0.3, -0.25) is 4.79 Å². The van der Waals surface area contributed by atoms with Crippen molar-refractivity contribution < 1.29 is 9.53 Å². The lowest BCUT2D eigenvalue weighted by Gasteiger charge is -2.26. The number of anilines is 1. The highest BCUT2D eigenvalue weighted by molar-refractivity contribution is 5.88. The third kappa shape index (κ3) is 3.69. The summed E-state index contributed by atoms with van der Waals surface area (Å²) >= 11 is 0. The topological polar surface area (TPSA) is 69.3 Å². The number of methoxy groups -OCH3 is 1. The zero-order chi connectivity index (χ0) is 20.5. The number of rotatable bonds is 5. The fraction of sp³-hybridized carbons (Fsp3) is 0.375. The van der Waals surface area contributed by atoms with Gasteiger partial charge in [0.2, 0.25) is 5.91 Å². The van der Waals surface area contributed by atoms with Gasteiger partial charge in [-0.1, -0.05) is 32.0 Å². The molecular weight excluding hydrogens is 362 g/mol. The Morgan fingerprint density at radius 1 is 1.28 bits per heavy atom. The van der Waals surface area contributed by atoms with Crippen LogP contribution >= 0.6 is 0 Å². The van der Waals surface area contributed by atoms with E-state index in [2.05, 4.69) is 28.1 Å². The summed E-state index contributed by atoms with van der Waals surface area (Å²) in [6.45, 7) is 4.61. The van der Waals surface area contributed by atoms with E-state index in [0.29, 0.717) is 0 Å². The third-order valence-corrected chi connectivity index (χ3v) is 5.93. The lowest BCUT2D eigenvalue weighted by atomic mass is 9.91. The highest BCUT2D eigenvalue weighted by atomic mass is 16.5. The van der Waals surface area contributed by atoms with E-state index in [1.54, 1.807) is 7.11 Å². The number of nitrogen functional groups attached to an aromatic ring is 1. The third-order valence-electron chi connectivity index (χ3n) is 5.93. The molecule has 3 N–H and O–H groups in total. The van der Waals surface area contributed by atoms with Gasteiger partial charge >= 0.3 is 0 Å². The van der Waals surface area contributed by atoms with E-state index in [0.717, 1.165) is 42.8 Å². The van der Waals surface area contributed by atoms with Crippen LogP contribution in [-0.2, 0) is 24.2 Å². The van der Waals surface area contributed by atoms with Crippen molar-refractivity contribution in [3.63, 3.8) is 0 Å². The van der Waals surface area contributed by atoms with E-state index in [9.17, 15) is 4.79 Å². The summed E-state index contributed by atoms with van der Waals surface area (Å²) in [5.74, 6) is 0.973. The zero-order valence-corrected chi connectivity index (χ0v) is 17.4. The van der Waals surface area contributed by atoms with E-state index in [1.165, 1.54) is 22.2 Å². The molecule has 1 aromatic heterocycles. The molecule has 0 saturated heterocycles. The number of carbonyl (C=O) groups is 1. The fourth-order valence-corrected chi connectivity index (χ4v) is 4.28. The molecule has 4 rings (SSSR count). The van der Waals surface area contributed by atoms with Crippen LogP contribution in [0.1, 0.15) is 37.1 Å². The molecule has 0 bridgehead atoms. The number of hydrogen-bond donors (Lipinski definition) is 2. The maximum absolute atomic E-state index is 12.2. The van der Waals surface area contributed by atoms with Gasteiger partial charge in [-0.25, -0.2) is 0 Å². The predicted octanol–water partition coefficient (Wildman–Crippen LogP) is 3.91. The maximum atomic E-state index is 12.2. The number of fused-ring (bicyclic) bond motifs is 3. The van der Waals surface area contributed by atoms with Crippen molar-refractivity contribution >= 4 is 22.5 Å². The molecule has 0 spiro atoms. The van der Waals surface area contributed by atoms with Crippen molar-refractivity contribution in [2.24, 2.45) is 5.92 Å². The SMILES string of the molecule is COc1ccc2c(c1)c1c(n2Cc2ccccc2N)CCC(NC(=O)C(C)C)C1. The Kier molecular flexibility index (Phi) is 5.22. The van der Waals surface area contributed by atoms with Gasteiger partial charge in [-0.05, 0) is 54.7 Å². The van der Waals surface area contributed by atoms with Crippen LogP contribution in [-0.4, -0.2) is 23.6 Å². The first kappa shape index (κ1) is 19.4. The highest BCUT2D eigenvalue weighted by Crippen LogP contribution is 2.35. The van der Waals surface area contributed by atoms with Gasteiger partial charge in [0.15, 0.2) is 0 Å². The first-order valence-corrected chi connectivity index (χ1v) is 10.3. The van der Waals surface area contributed by atoms with Crippen LogP contribution < -0.4 is 15.8 Å². The zero-order valence-electron chi connectivity index (χ0n) is 17.4. The van der Waals surface area contributed by atoms with E-state index >= 15 is 0 Å². The summed E-state index contributed by atoms with van der Waals surface area (Å²) in [5.41, 5.74) is 12.0. The van der Waals surface area contributed by atoms with Crippen LogP contribution in [0.3, 0.4) is 0 Å². The Bertz CT molecular complexity index is 1050. The smallest absolute Gasteiger partial charge is 0.222 e. The Morgan fingerprint density at radius 3 is 2.79 bits per heavy atom. The number of amides is 1. The van der Waals surface area contributed by atoms with E-state index in [1.807, 2.05) is 38.1 Å². The van der Waals surface area contributed by atoms with Crippen LogP contribution in [0.4, 0.5) is 5.69 Å². The van der Waals surface area contributed by atoms with Crippen LogP contribution in [0.25, 0.3) is 10.9 Å². The van der Waals surface area contributed by atoms with E-state index in [4.69, 9.17) is 10.5 Å². The highest BCUT2D eigenvalue weighted by Gasteiger charge is 2.27. The first-order valence-electron chi connectivity index (χ1n) is 10.3. The van der Waals surface area contributed by atoms with Crippen LogP contribution in [0.15, 0.2) is 42.5 Å². The van der Waals surface area contributed by atoms with E-state index in [-0.39, 0.29) is 17.9 Å². The summed E-state index contributed by atoms with van der Waals surface area (Å²) in [6.07, 6.45) is 2.72. The minimum absolute atomic E-state index is 0.00103. The monoisotopic (exact) mass is 391 g/mol. The molecule has 5 heteroatoms. The van der Waals surface area contributed by atoms with Gasteiger partial charge in [-0.15, -0.1) is 0 Å². The molecule has 152 valence electrons. The fourth-order valence-electron chi connectivity index (χ4n) is 4.28. The Hall–Kier alpha value is -2.95. The number of para-hydroxylation sites is 1. The summed E-state index contributed by atoms with van der Waals surface area (Å²) in [5, 5.41) is 4.43. The second-order valence-electron chi connectivity index (χ2n) is 8.20. The Morgan fingerprint density at radius 2 is 2.07 bits per heavy atom. The number of nitrogens with one attached hydrogen (secondary N) is 1. The number of ether oxygens (including phenoxy) is 1. The molecule has 0 radical (unpaired) electrons. The average Bonchev–Trinajstić information content (AvgIpc) is 3.02. The van der Waals surface area contributed by atoms with Crippen molar-refractivity contribution in [2.45, 2.75) is 45.7 Å². The molecule has 3 aromatic rings. The van der Waals surface area contributed by atoms with Gasteiger partial charge in [0.1, 0.15) is 5.75 Å². The van der Waals surface area contributed by atoms with Crippen LogP contribution in [0.5, 0.6) is 5.75 Å². The molecule has 0 aliphatic heterocycles. The molecule has 1 atom stereocenters. The van der Waals surface area contributed by atoms with Gasteiger partial charge in [0.05, 0.1) is 7.11 Å². The van der Waals surface area contributed by atoms with Crippen LogP contribution in [0, 0.1) is 5.92 Å². The van der Waals surface area contributed by atoms with Gasteiger partial charge in [0.25, 0.3) is 0 Å². The number of nitrogens with zero attached hydrogens (tertiary/aromatic N) is 1. The van der Waals surface area contributed by atoms with Crippen molar-refractivity contribution in [2.75, 3.05) is 12.8 Å². The van der Waals surface area contributed by atoms with Crippen molar-refractivity contribution in [1.82, 2.24) is 9.88 Å². The molecule has 1 aliphatic rings. The minimum Gasteiger partial charge on any atom is -0.497 e. The average molecular weight is 392 g/mol. The maximum Gasteiger partial charge on any atom is 0.222 e. The quantitative estimate of drug-likeness (QED) is 0.648. The van der Waals surface area contributed by atoms with Crippen molar-refractivity contribution in [1.29, 1.82) is 0 Å². The molecular formula is C24H29N3O2. The normalized spacial score (nSPS) is 16.1. The molecule has 1 aliphatic carbocycles. The number of hydrogen-bond acceptors (Lipinski definition) is 3. The summed E-state index contributed by atoms with van der Waals surface area (Å²) in [7, 11) is 1.70. The van der Waals surface area contributed by atoms with Crippen LogP contribution in [0.2, 0.25) is 0 Å². The molecule has 1 heterocycles. The summed E-state index contributed by atoms with van der Waals surface area (Å²) in [6, 6.07) is 14.5. The van der Waals surface area contributed by atoms with Gasteiger partial charge < -0.3 is 20.4 Å². The lowest BCUT2D eigenvalue weighted by Crippen LogP contribution is -2.41. The van der Waals surface area contributed by atoms with E-state index < -0.39 is 0 Å². The Labute approximate surface area is 171 Å². The lowest BCUT2D eigenvalue weighted by molar-refractivity contribution is -0.124. The molecule has 0 fully saturated rings. The van der Waals surface area contributed by atoms with Gasteiger partial charge in [-0.2, -0.15) is 0 Å². The largest absolute Gasteiger partial charge is 0.497 e. The van der Waals surface area contributed by atoms with Crippen molar-refractivity contribution in [3.8, 4) is 5.75 Å². The summed E-state index contributed by atoms with van der Waals surface area (Å²) in [4.78, 5) is 12.2. The second kappa shape index (κ2) is 7.82.